The Hall–Kier alpha value is -0.650. The molecule has 5 heteroatoms. The minimum atomic E-state index is 0.754. The average Bonchev–Trinajstić information content (AvgIpc) is 3.22. The minimum Gasteiger partial charge on any atom is -0.361 e. The molecule has 4 heterocycles. The second-order valence-electron chi connectivity index (χ2n) is 9.03. The van der Waals surface area contributed by atoms with Crippen LogP contribution < -0.4 is 10.6 Å². The monoisotopic (exact) mass is 361 g/mol. The van der Waals surface area contributed by atoms with Crippen molar-refractivity contribution < 1.29 is 0 Å². The third-order valence-electron chi connectivity index (χ3n) is 7.16. The normalized spacial score (nSPS) is 32.5. The van der Waals surface area contributed by atoms with Crippen LogP contribution in [0.3, 0.4) is 0 Å². The molecule has 0 spiro atoms. The molecule has 4 aliphatic heterocycles. The Labute approximate surface area is 160 Å². The first kappa shape index (κ1) is 18.7. The molecule has 148 valence electrons. The lowest BCUT2D eigenvalue weighted by Crippen LogP contribution is -2.47. The highest BCUT2D eigenvalue weighted by molar-refractivity contribution is 5.82. The summed E-state index contributed by atoms with van der Waals surface area (Å²) in [5.41, 5.74) is 0. The Balaban J connectivity index is 1.14. The van der Waals surface area contributed by atoms with E-state index in [2.05, 4.69) is 20.4 Å². The maximum absolute atomic E-state index is 4.91. The maximum atomic E-state index is 4.91. The lowest BCUT2D eigenvalue weighted by molar-refractivity contribution is 0.129. The van der Waals surface area contributed by atoms with Crippen molar-refractivity contribution in [2.24, 2.45) is 16.8 Å². The molecule has 3 saturated heterocycles. The summed E-state index contributed by atoms with van der Waals surface area (Å²) < 4.78 is 0. The third-order valence-corrected chi connectivity index (χ3v) is 7.16. The summed E-state index contributed by atoms with van der Waals surface area (Å²) in [6.45, 7) is 9.73. The molecule has 0 saturated carbocycles. The molecule has 5 nitrogen and oxygen atoms in total. The van der Waals surface area contributed by atoms with Crippen LogP contribution in [0.25, 0.3) is 0 Å². The van der Waals surface area contributed by atoms with Crippen LogP contribution in [0.4, 0.5) is 0 Å². The zero-order chi connectivity index (χ0) is 17.6. The van der Waals surface area contributed by atoms with Crippen molar-refractivity contribution in [1.29, 1.82) is 0 Å². The first-order valence-electron chi connectivity index (χ1n) is 11.3. The Bertz CT molecular complexity index is 445. The molecule has 4 aliphatic rings. The van der Waals surface area contributed by atoms with Crippen molar-refractivity contribution in [1.82, 2.24) is 20.4 Å². The fourth-order valence-corrected chi connectivity index (χ4v) is 5.39. The van der Waals surface area contributed by atoms with E-state index in [1.807, 2.05) is 0 Å². The van der Waals surface area contributed by atoms with Gasteiger partial charge in [-0.3, -0.25) is 9.89 Å². The van der Waals surface area contributed by atoms with E-state index in [1.54, 1.807) is 0 Å². The lowest BCUT2D eigenvalue weighted by atomic mass is 9.80. The summed E-state index contributed by atoms with van der Waals surface area (Å²) in [6, 6.07) is 0.754. The van der Waals surface area contributed by atoms with Gasteiger partial charge in [0, 0.05) is 25.6 Å². The SMILES string of the molecule is C1CCC(CN2CCC(C3CCC(NCN4CCCC4)=NC3)CC2)NC1. The van der Waals surface area contributed by atoms with Gasteiger partial charge in [0.1, 0.15) is 0 Å². The van der Waals surface area contributed by atoms with Gasteiger partial charge >= 0.3 is 0 Å². The van der Waals surface area contributed by atoms with E-state index in [4.69, 9.17) is 4.99 Å². The number of aliphatic imine (C=N–C) groups is 1. The number of hydrogen-bond donors (Lipinski definition) is 2. The van der Waals surface area contributed by atoms with E-state index in [0.29, 0.717) is 0 Å². The molecule has 0 aromatic rings. The van der Waals surface area contributed by atoms with Gasteiger partial charge in [-0.2, -0.15) is 0 Å². The van der Waals surface area contributed by atoms with Crippen molar-refractivity contribution >= 4 is 5.84 Å². The molecule has 0 amide bonds. The largest absolute Gasteiger partial charge is 0.361 e. The van der Waals surface area contributed by atoms with Gasteiger partial charge in [-0.1, -0.05) is 6.42 Å². The van der Waals surface area contributed by atoms with Crippen LogP contribution >= 0.6 is 0 Å². The van der Waals surface area contributed by atoms with Gasteiger partial charge in [-0.25, -0.2) is 0 Å². The van der Waals surface area contributed by atoms with E-state index in [-0.39, 0.29) is 0 Å². The van der Waals surface area contributed by atoms with Crippen LogP contribution in [0.2, 0.25) is 0 Å². The quantitative estimate of drug-likeness (QED) is 0.788. The predicted octanol–water partition coefficient (Wildman–Crippen LogP) is 2.29. The summed E-state index contributed by atoms with van der Waals surface area (Å²) in [7, 11) is 0. The summed E-state index contributed by atoms with van der Waals surface area (Å²) in [6.07, 6.45) is 12.2. The minimum absolute atomic E-state index is 0.754. The Kier molecular flexibility index (Phi) is 6.85. The molecule has 3 fully saturated rings. The molecule has 2 atom stereocenters. The van der Waals surface area contributed by atoms with Crippen molar-refractivity contribution in [2.75, 3.05) is 52.5 Å². The molecule has 0 radical (unpaired) electrons. The van der Waals surface area contributed by atoms with Crippen molar-refractivity contribution in [3.63, 3.8) is 0 Å². The van der Waals surface area contributed by atoms with E-state index in [1.165, 1.54) is 103 Å². The molecular formula is C21H39N5. The highest BCUT2D eigenvalue weighted by Gasteiger charge is 2.29. The van der Waals surface area contributed by atoms with E-state index < -0.39 is 0 Å². The molecule has 4 rings (SSSR count). The first-order valence-corrected chi connectivity index (χ1v) is 11.3. The van der Waals surface area contributed by atoms with Crippen LogP contribution in [0.1, 0.15) is 57.8 Å². The summed E-state index contributed by atoms with van der Waals surface area (Å²) in [5.74, 6) is 3.02. The number of rotatable bonds is 5. The van der Waals surface area contributed by atoms with E-state index in [9.17, 15) is 0 Å². The Morgan fingerprint density at radius 3 is 2.42 bits per heavy atom. The highest BCUT2D eigenvalue weighted by Crippen LogP contribution is 2.30. The van der Waals surface area contributed by atoms with Gasteiger partial charge in [-0.15, -0.1) is 0 Å². The molecule has 0 aromatic heterocycles. The van der Waals surface area contributed by atoms with Gasteiger partial charge in [0.15, 0.2) is 0 Å². The number of amidine groups is 1. The molecule has 0 aromatic carbocycles. The smallest absolute Gasteiger partial charge is 0.0973 e. The van der Waals surface area contributed by atoms with Crippen molar-refractivity contribution in [3.05, 3.63) is 0 Å². The topological polar surface area (TPSA) is 42.9 Å². The van der Waals surface area contributed by atoms with Gasteiger partial charge in [0.25, 0.3) is 0 Å². The van der Waals surface area contributed by atoms with E-state index >= 15 is 0 Å². The number of piperidine rings is 2. The van der Waals surface area contributed by atoms with Crippen LogP contribution in [-0.4, -0.2) is 74.2 Å². The fraction of sp³-hybridized carbons (Fsp3) is 0.952. The standard InChI is InChI=1S/C21H39N5/c1-2-10-22-20(5-1)16-25-13-8-18(9-14-25)19-6-7-21(23-15-19)24-17-26-11-3-4-12-26/h18-20,22H,1-17H2,(H,23,24). The third kappa shape index (κ3) is 5.20. The van der Waals surface area contributed by atoms with Crippen molar-refractivity contribution in [2.45, 2.75) is 63.8 Å². The second-order valence-corrected chi connectivity index (χ2v) is 9.03. The molecule has 0 aliphatic carbocycles. The molecule has 26 heavy (non-hydrogen) atoms. The average molecular weight is 362 g/mol. The highest BCUT2D eigenvalue weighted by atomic mass is 15.2. The zero-order valence-corrected chi connectivity index (χ0v) is 16.6. The predicted molar refractivity (Wildman–Crippen MR) is 109 cm³/mol. The summed E-state index contributed by atoms with van der Waals surface area (Å²) in [5, 5.41) is 7.31. The van der Waals surface area contributed by atoms with Crippen LogP contribution in [0, 0.1) is 11.8 Å². The van der Waals surface area contributed by atoms with Crippen LogP contribution in [0.15, 0.2) is 4.99 Å². The second kappa shape index (κ2) is 9.52. The van der Waals surface area contributed by atoms with Gasteiger partial charge in [-0.05, 0) is 89.5 Å². The molecule has 0 bridgehead atoms. The zero-order valence-electron chi connectivity index (χ0n) is 16.6. The van der Waals surface area contributed by atoms with Gasteiger partial charge < -0.3 is 15.5 Å². The van der Waals surface area contributed by atoms with E-state index in [0.717, 1.165) is 31.1 Å². The number of hydrogen-bond acceptors (Lipinski definition) is 5. The first-order chi connectivity index (χ1) is 12.9. The molecule has 2 N–H and O–H groups in total. The summed E-state index contributed by atoms with van der Waals surface area (Å²) >= 11 is 0. The Morgan fingerprint density at radius 1 is 0.885 bits per heavy atom. The summed E-state index contributed by atoms with van der Waals surface area (Å²) in [4.78, 5) is 10.2. The fourth-order valence-electron chi connectivity index (χ4n) is 5.39. The number of likely N-dealkylation sites (tertiary alicyclic amines) is 2. The molecule has 2 unspecified atom stereocenters. The van der Waals surface area contributed by atoms with Gasteiger partial charge in [0.2, 0.25) is 0 Å². The van der Waals surface area contributed by atoms with Gasteiger partial charge in [0.05, 0.1) is 12.5 Å². The maximum Gasteiger partial charge on any atom is 0.0973 e. The Morgan fingerprint density at radius 2 is 1.73 bits per heavy atom. The lowest BCUT2D eigenvalue weighted by Gasteiger charge is -2.39. The van der Waals surface area contributed by atoms with Crippen molar-refractivity contribution in [3.8, 4) is 0 Å². The number of nitrogens with zero attached hydrogens (tertiary/aromatic N) is 3. The van der Waals surface area contributed by atoms with Crippen LogP contribution in [0.5, 0.6) is 0 Å². The molecular weight excluding hydrogens is 322 g/mol. The van der Waals surface area contributed by atoms with Crippen LogP contribution in [-0.2, 0) is 0 Å². The number of nitrogens with one attached hydrogen (secondary N) is 2.